The maximum atomic E-state index is 12.3. The Balaban J connectivity index is 2.05. The summed E-state index contributed by atoms with van der Waals surface area (Å²) in [6.45, 7) is 1.97. The van der Waals surface area contributed by atoms with E-state index in [1.807, 2.05) is 55.5 Å². The molecule has 1 N–H and O–H groups in total. The molecule has 0 aliphatic rings. The first-order valence-corrected chi connectivity index (χ1v) is 7.19. The lowest BCUT2D eigenvalue weighted by atomic mass is 10.1. The summed E-state index contributed by atoms with van der Waals surface area (Å²) in [6, 6.07) is 15.3. The van der Waals surface area contributed by atoms with Gasteiger partial charge in [-0.25, -0.2) is 0 Å². The van der Waals surface area contributed by atoms with E-state index < -0.39 is 0 Å². The lowest BCUT2D eigenvalue weighted by molar-refractivity contribution is -0.121. The van der Waals surface area contributed by atoms with E-state index in [9.17, 15) is 4.79 Å². The lowest BCUT2D eigenvalue weighted by Crippen LogP contribution is -2.28. The van der Waals surface area contributed by atoms with Crippen molar-refractivity contribution in [2.45, 2.75) is 19.4 Å². The van der Waals surface area contributed by atoms with Crippen LogP contribution in [-0.4, -0.2) is 20.1 Å². The van der Waals surface area contributed by atoms with E-state index in [1.165, 1.54) is 0 Å². The minimum atomic E-state index is -0.0529. The van der Waals surface area contributed by atoms with Crippen molar-refractivity contribution in [2.75, 3.05) is 14.2 Å². The van der Waals surface area contributed by atoms with Crippen LogP contribution < -0.4 is 14.8 Å². The van der Waals surface area contributed by atoms with E-state index in [-0.39, 0.29) is 18.4 Å². The van der Waals surface area contributed by atoms with Crippen LogP contribution in [-0.2, 0) is 11.2 Å². The number of amides is 1. The van der Waals surface area contributed by atoms with E-state index in [2.05, 4.69) is 5.32 Å². The summed E-state index contributed by atoms with van der Waals surface area (Å²) in [4.78, 5) is 12.3. The molecule has 1 atom stereocenters. The predicted octanol–water partition coefficient (Wildman–Crippen LogP) is 3.12. The Morgan fingerprint density at radius 2 is 1.82 bits per heavy atom. The number of carbonyl (C=O) groups excluding carboxylic acids is 1. The summed E-state index contributed by atoms with van der Waals surface area (Å²) in [5.41, 5.74) is 1.88. The fourth-order valence-electron chi connectivity index (χ4n) is 2.31. The Bertz CT molecular complexity index is 625. The molecule has 1 amide bonds. The largest absolute Gasteiger partial charge is 0.497 e. The first-order chi connectivity index (χ1) is 10.6. The summed E-state index contributed by atoms with van der Waals surface area (Å²) in [5.74, 6) is 1.34. The van der Waals surface area contributed by atoms with Crippen LogP contribution in [0.3, 0.4) is 0 Å². The number of carbonyl (C=O) groups is 1. The van der Waals surface area contributed by atoms with Gasteiger partial charge in [-0.1, -0.05) is 30.3 Å². The molecule has 0 bridgehead atoms. The molecule has 2 aromatic carbocycles. The van der Waals surface area contributed by atoms with Gasteiger partial charge in [0.1, 0.15) is 11.5 Å². The maximum Gasteiger partial charge on any atom is 0.225 e. The van der Waals surface area contributed by atoms with Crippen LogP contribution in [0, 0.1) is 0 Å². The zero-order valence-electron chi connectivity index (χ0n) is 13.1. The number of hydrogen-bond donors (Lipinski definition) is 1. The summed E-state index contributed by atoms with van der Waals surface area (Å²) >= 11 is 0. The highest BCUT2D eigenvalue weighted by Crippen LogP contribution is 2.24. The van der Waals surface area contributed by atoms with Crippen molar-refractivity contribution in [3.05, 3.63) is 59.7 Å². The molecule has 2 aromatic rings. The van der Waals surface area contributed by atoms with E-state index >= 15 is 0 Å². The van der Waals surface area contributed by atoms with Crippen LogP contribution in [0.4, 0.5) is 0 Å². The minimum Gasteiger partial charge on any atom is -0.497 e. The monoisotopic (exact) mass is 299 g/mol. The average molecular weight is 299 g/mol. The molecular formula is C18H21NO3. The van der Waals surface area contributed by atoms with Crippen molar-refractivity contribution in [1.29, 1.82) is 0 Å². The smallest absolute Gasteiger partial charge is 0.225 e. The molecule has 4 heteroatoms. The van der Waals surface area contributed by atoms with Crippen molar-refractivity contribution in [3.63, 3.8) is 0 Å². The average Bonchev–Trinajstić information content (AvgIpc) is 2.55. The van der Waals surface area contributed by atoms with Crippen molar-refractivity contribution in [1.82, 2.24) is 5.32 Å². The summed E-state index contributed by atoms with van der Waals surface area (Å²) < 4.78 is 10.5. The third-order valence-corrected chi connectivity index (χ3v) is 3.52. The summed E-state index contributed by atoms with van der Waals surface area (Å²) in [7, 11) is 3.19. The third-order valence-electron chi connectivity index (χ3n) is 3.52. The van der Waals surface area contributed by atoms with Crippen LogP contribution in [0.2, 0.25) is 0 Å². The molecule has 0 heterocycles. The maximum absolute atomic E-state index is 12.3. The van der Waals surface area contributed by atoms with Gasteiger partial charge in [-0.3, -0.25) is 4.79 Å². The predicted molar refractivity (Wildman–Crippen MR) is 86.2 cm³/mol. The van der Waals surface area contributed by atoms with E-state index in [1.54, 1.807) is 14.2 Å². The van der Waals surface area contributed by atoms with Crippen LogP contribution in [0.5, 0.6) is 11.5 Å². The Hall–Kier alpha value is -2.49. The molecule has 0 fully saturated rings. The molecule has 2 rings (SSSR count). The highest BCUT2D eigenvalue weighted by Gasteiger charge is 2.13. The topological polar surface area (TPSA) is 47.6 Å². The van der Waals surface area contributed by atoms with Gasteiger partial charge in [0, 0.05) is 5.56 Å². The first kappa shape index (κ1) is 15.9. The van der Waals surface area contributed by atoms with E-state index in [0.717, 1.165) is 11.1 Å². The van der Waals surface area contributed by atoms with Crippen molar-refractivity contribution < 1.29 is 14.3 Å². The van der Waals surface area contributed by atoms with Crippen LogP contribution in [0.25, 0.3) is 0 Å². The number of benzene rings is 2. The van der Waals surface area contributed by atoms with Gasteiger partial charge in [0.25, 0.3) is 0 Å². The zero-order chi connectivity index (χ0) is 15.9. The number of rotatable bonds is 6. The van der Waals surface area contributed by atoms with Crippen LogP contribution in [0.1, 0.15) is 24.1 Å². The highest BCUT2D eigenvalue weighted by molar-refractivity contribution is 5.80. The quantitative estimate of drug-likeness (QED) is 0.891. The molecule has 4 nitrogen and oxygen atoms in total. The van der Waals surface area contributed by atoms with Gasteiger partial charge in [-0.15, -0.1) is 0 Å². The molecule has 0 radical (unpaired) electrons. The third kappa shape index (κ3) is 4.01. The molecule has 0 aliphatic heterocycles. The van der Waals surface area contributed by atoms with Crippen molar-refractivity contribution in [2.24, 2.45) is 0 Å². The molecule has 0 aliphatic carbocycles. The number of methoxy groups -OCH3 is 2. The molecule has 0 aromatic heterocycles. The fraction of sp³-hybridized carbons (Fsp3) is 0.278. The van der Waals surface area contributed by atoms with E-state index in [4.69, 9.17) is 9.47 Å². The van der Waals surface area contributed by atoms with E-state index in [0.29, 0.717) is 11.5 Å². The standard InChI is InChI=1S/C18H21NO3/c1-13(14-7-5-4-6-8-14)19-18(20)12-15-11-16(21-2)9-10-17(15)22-3/h4-11,13H,12H2,1-3H3,(H,19,20). The van der Waals surface area contributed by atoms with Gasteiger partial charge in [-0.2, -0.15) is 0 Å². The Morgan fingerprint density at radius 1 is 1.09 bits per heavy atom. The number of ether oxygens (including phenoxy) is 2. The van der Waals surface area contributed by atoms with Gasteiger partial charge in [0.05, 0.1) is 26.7 Å². The van der Waals surface area contributed by atoms with Crippen molar-refractivity contribution in [3.8, 4) is 11.5 Å². The van der Waals surface area contributed by atoms with Crippen LogP contribution in [0.15, 0.2) is 48.5 Å². The van der Waals surface area contributed by atoms with Gasteiger partial charge in [0.15, 0.2) is 0 Å². The van der Waals surface area contributed by atoms with Crippen molar-refractivity contribution >= 4 is 5.91 Å². The normalized spacial score (nSPS) is 11.6. The second-order valence-corrected chi connectivity index (χ2v) is 5.05. The molecule has 0 spiro atoms. The fourth-order valence-corrected chi connectivity index (χ4v) is 2.31. The van der Waals surface area contributed by atoms with Gasteiger partial charge >= 0.3 is 0 Å². The van der Waals surface area contributed by atoms with Gasteiger partial charge in [0.2, 0.25) is 5.91 Å². The Kier molecular flexibility index (Phi) is 5.42. The minimum absolute atomic E-state index is 0.0368. The number of hydrogen-bond acceptors (Lipinski definition) is 3. The second kappa shape index (κ2) is 7.50. The van der Waals surface area contributed by atoms with Gasteiger partial charge < -0.3 is 14.8 Å². The SMILES string of the molecule is COc1ccc(OC)c(CC(=O)NC(C)c2ccccc2)c1. The first-order valence-electron chi connectivity index (χ1n) is 7.19. The Labute approximate surface area is 131 Å². The molecule has 116 valence electrons. The molecule has 0 saturated heterocycles. The highest BCUT2D eigenvalue weighted by atomic mass is 16.5. The van der Waals surface area contributed by atoms with Crippen LogP contribution >= 0.6 is 0 Å². The number of nitrogens with one attached hydrogen (secondary N) is 1. The molecule has 1 unspecified atom stereocenters. The molecule has 0 saturated carbocycles. The van der Waals surface area contributed by atoms with Gasteiger partial charge in [-0.05, 0) is 30.7 Å². The molecular weight excluding hydrogens is 278 g/mol. The zero-order valence-corrected chi connectivity index (χ0v) is 13.1. The summed E-state index contributed by atoms with van der Waals surface area (Å²) in [6.07, 6.45) is 0.248. The summed E-state index contributed by atoms with van der Waals surface area (Å²) in [5, 5.41) is 3.00. The lowest BCUT2D eigenvalue weighted by Gasteiger charge is -2.15. The second-order valence-electron chi connectivity index (χ2n) is 5.05. The molecule has 22 heavy (non-hydrogen) atoms. The Morgan fingerprint density at radius 3 is 2.45 bits per heavy atom.